The second kappa shape index (κ2) is 6.60. The molecule has 0 saturated carbocycles. The predicted octanol–water partition coefficient (Wildman–Crippen LogP) is 0.644. The van der Waals surface area contributed by atoms with Crippen LogP contribution in [0.4, 0.5) is 5.82 Å². The number of hydrogen-bond acceptors (Lipinski definition) is 7. The number of aromatic nitrogens is 4. The molecule has 1 fully saturated rings. The molecule has 9 nitrogen and oxygen atoms in total. The Labute approximate surface area is 147 Å². The number of ether oxygens (including phenoxy) is 1. The molecule has 1 N–H and O–H groups in total. The van der Waals surface area contributed by atoms with Crippen LogP contribution in [0, 0.1) is 20.8 Å². The van der Waals surface area contributed by atoms with Crippen LogP contribution in [-0.4, -0.2) is 66.2 Å². The van der Waals surface area contributed by atoms with Gasteiger partial charge in [-0.3, -0.25) is 5.10 Å². The molecule has 2 aromatic heterocycles. The molecule has 10 heteroatoms. The van der Waals surface area contributed by atoms with Crippen molar-refractivity contribution in [3.8, 4) is 5.88 Å². The van der Waals surface area contributed by atoms with E-state index in [2.05, 4.69) is 20.2 Å². The Morgan fingerprint density at radius 2 is 1.80 bits per heavy atom. The van der Waals surface area contributed by atoms with E-state index in [0.29, 0.717) is 49.3 Å². The normalized spacial score (nSPS) is 16.2. The molecule has 3 heterocycles. The molecule has 0 aliphatic carbocycles. The van der Waals surface area contributed by atoms with E-state index in [0.717, 1.165) is 5.82 Å². The maximum atomic E-state index is 12.9. The van der Waals surface area contributed by atoms with Crippen molar-refractivity contribution in [3.63, 3.8) is 0 Å². The minimum absolute atomic E-state index is 0.278. The molecule has 1 saturated heterocycles. The predicted molar refractivity (Wildman–Crippen MR) is 92.4 cm³/mol. The van der Waals surface area contributed by atoms with E-state index in [9.17, 15) is 8.42 Å². The molecule has 136 valence electrons. The van der Waals surface area contributed by atoms with Crippen LogP contribution in [-0.2, 0) is 10.0 Å². The number of nitrogens with one attached hydrogen (secondary N) is 1. The Hall–Kier alpha value is -2.20. The fourth-order valence-electron chi connectivity index (χ4n) is 3.00. The summed E-state index contributed by atoms with van der Waals surface area (Å²) < 4.78 is 32.5. The first-order valence-electron chi connectivity index (χ1n) is 7.99. The van der Waals surface area contributed by atoms with Crippen molar-refractivity contribution in [3.05, 3.63) is 23.3 Å². The standard InChI is InChI=1S/C15H22N6O3S/c1-10-15(11(2)19-18-10)25(22,23)21-7-5-20(6-8-21)13-9-14(24-4)17-12(3)16-13/h9H,5-8H2,1-4H3,(H,18,19). The van der Waals surface area contributed by atoms with Gasteiger partial charge in [-0.15, -0.1) is 0 Å². The maximum absolute atomic E-state index is 12.9. The van der Waals surface area contributed by atoms with Gasteiger partial charge in [-0.2, -0.15) is 14.4 Å². The minimum Gasteiger partial charge on any atom is -0.481 e. The van der Waals surface area contributed by atoms with Crippen molar-refractivity contribution in [2.45, 2.75) is 25.7 Å². The van der Waals surface area contributed by atoms with Crippen LogP contribution >= 0.6 is 0 Å². The first kappa shape index (κ1) is 17.6. The summed E-state index contributed by atoms with van der Waals surface area (Å²) in [6, 6.07) is 1.77. The van der Waals surface area contributed by atoms with Crippen molar-refractivity contribution in [2.24, 2.45) is 0 Å². The zero-order valence-electron chi connectivity index (χ0n) is 14.8. The molecule has 0 radical (unpaired) electrons. The molecule has 0 unspecified atom stereocenters. The number of H-pyrrole nitrogens is 1. The average molecular weight is 366 g/mol. The lowest BCUT2D eigenvalue weighted by molar-refractivity contribution is 0.380. The Bertz CT molecular complexity index is 852. The highest BCUT2D eigenvalue weighted by Crippen LogP contribution is 2.24. The van der Waals surface area contributed by atoms with Gasteiger partial charge in [0.05, 0.1) is 18.5 Å². The van der Waals surface area contributed by atoms with E-state index in [1.807, 2.05) is 4.90 Å². The third-order valence-corrected chi connectivity index (χ3v) is 6.39. The van der Waals surface area contributed by atoms with E-state index >= 15 is 0 Å². The van der Waals surface area contributed by atoms with Crippen LogP contribution in [0.15, 0.2) is 11.0 Å². The van der Waals surface area contributed by atoms with Gasteiger partial charge < -0.3 is 9.64 Å². The summed E-state index contributed by atoms with van der Waals surface area (Å²) in [6.45, 7) is 7.10. The van der Waals surface area contributed by atoms with Crippen molar-refractivity contribution < 1.29 is 13.2 Å². The van der Waals surface area contributed by atoms with Crippen LogP contribution in [0.3, 0.4) is 0 Å². The van der Waals surface area contributed by atoms with Crippen molar-refractivity contribution in [1.82, 2.24) is 24.5 Å². The fourth-order valence-corrected chi connectivity index (χ4v) is 4.75. The second-order valence-corrected chi connectivity index (χ2v) is 7.84. The average Bonchev–Trinajstić information content (AvgIpc) is 2.93. The highest BCUT2D eigenvalue weighted by molar-refractivity contribution is 7.89. The quantitative estimate of drug-likeness (QED) is 0.847. The van der Waals surface area contributed by atoms with Crippen LogP contribution in [0.1, 0.15) is 17.2 Å². The summed E-state index contributed by atoms with van der Waals surface area (Å²) in [5.74, 6) is 1.87. The summed E-state index contributed by atoms with van der Waals surface area (Å²) in [5, 5.41) is 6.74. The number of hydrogen-bond donors (Lipinski definition) is 1. The third kappa shape index (κ3) is 3.31. The first-order valence-corrected chi connectivity index (χ1v) is 9.43. The number of sulfonamides is 1. The van der Waals surface area contributed by atoms with Gasteiger partial charge in [0.25, 0.3) is 0 Å². The van der Waals surface area contributed by atoms with Crippen LogP contribution in [0.25, 0.3) is 0 Å². The van der Waals surface area contributed by atoms with Gasteiger partial charge in [-0.05, 0) is 20.8 Å². The Morgan fingerprint density at radius 1 is 1.12 bits per heavy atom. The molecule has 0 bridgehead atoms. The number of piperazine rings is 1. The van der Waals surface area contributed by atoms with E-state index in [-0.39, 0.29) is 4.90 Å². The summed E-state index contributed by atoms with van der Waals surface area (Å²) in [4.78, 5) is 10.9. The van der Waals surface area contributed by atoms with Crippen LogP contribution in [0.5, 0.6) is 5.88 Å². The lowest BCUT2D eigenvalue weighted by Crippen LogP contribution is -2.49. The Balaban J connectivity index is 1.77. The number of rotatable bonds is 4. The topological polar surface area (TPSA) is 104 Å². The van der Waals surface area contributed by atoms with E-state index in [1.54, 1.807) is 33.9 Å². The van der Waals surface area contributed by atoms with Crippen molar-refractivity contribution >= 4 is 15.8 Å². The van der Waals surface area contributed by atoms with Gasteiger partial charge in [0.1, 0.15) is 16.5 Å². The van der Waals surface area contributed by atoms with Gasteiger partial charge in [0.2, 0.25) is 15.9 Å². The van der Waals surface area contributed by atoms with Crippen molar-refractivity contribution in [1.29, 1.82) is 0 Å². The molecule has 3 rings (SSSR count). The molecule has 1 aliphatic heterocycles. The molecule has 2 aromatic rings. The summed E-state index contributed by atoms with van der Waals surface area (Å²) in [6.07, 6.45) is 0. The first-order chi connectivity index (χ1) is 11.8. The molecular weight excluding hydrogens is 344 g/mol. The zero-order chi connectivity index (χ0) is 18.2. The van der Waals surface area contributed by atoms with Crippen LogP contribution < -0.4 is 9.64 Å². The molecule has 25 heavy (non-hydrogen) atoms. The van der Waals surface area contributed by atoms with E-state index in [4.69, 9.17) is 4.74 Å². The summed E-state index contributed by atoms with van der Waals surface area (Å²) in [7, 11) is -1.99. The smallest absolute Gasteiger partial charge is 0.246 e. The molecule has 0 amide bonds. The number of anilines is 1. The lowest BCUT2D eigenvalue weighted by Gasteiger charge is -2.34. The molecule has 0 aromatic carbocycles. The largest absolute Gasteiger partial charge is 0.481 e. The third-order valence-electron chi connectivity index (χ3n) is 4.23. The highest BCUT2D eigenvalue weighted by atomic mass is 32.2. The Morgan fingerprint density at radius 3 is 2.36 bits per heavy atom. The van der Waals surface area contributed by atoms with E-state index < -0.39 is 10.0 Å². The van der Waals surface area contributed by atoms with Gasteiger partial charge in [0, 0.05) is 32.2 Å². The van der Waals surface area contributed by atoms with Gasteiger partial charge >= 0.3 is 0 Å². The fraction of sp³-hybridized carbons (Fsp3) is 0.533. The minimum atomic E-state index is -3.55. The van der Waals surface area contributed by atoms with E-state index in [1.165, 1.54) is 4.31 Å². The highest BCUT2D eigenvalue weighted by Gasteiger charge is 2.32. The SMILES string of the molecule is COc1cc(N2CCN(S(=O)(=O)c3c(C)n[nH]c3C)CC2)nc(C)n1. The maximum Gasteiger partial charge on any atom is 0.246 e. The van der Waals surface area contributed by atoms with Gasteiger partial charge in [-0.1, -0.05) is 0 Å². The number of nitrogens with zero attached hydrogens (tertiary/aromatic N) is 5. The molecular formula is C15H22N6O3S. The van der Waals surface area contributed by atoms with Gasteiger partial charge in [0.15, 0.2) is 0 Å². The number of aromatic amines is 1. The van der Waals surface area contributed by atoms with Gasteiger partial charge in [-0.25, -0.2) is 13.4 Å². The zero-order valence-corrected chi connectivity index (χ0v) is 15.6. The summed E-state index contributed by atoms with van der Waals surface area (Å²) in [5.41, 5.74) is 1.06. The molecule has 0 atom stereocenters. The molecule has 1 aliphatic rings. The molecule has 0 spiro atoms. The second-order valence-electron chi connectivity index (χ2n) is 5.97. The Kier molecular flexibility index (Phi) is 4.65. The van der Waals surface area contributed by atoms with Crippen molar-refractivity contribution in [2.75, 3.05) is 38.2 Å². The number of methoxy groups -OCH3 is 1. The monoisotopic (exact) mass is 366 g/mol. The summed E-state index contributed by atoms with van der Waals surface area (Å²) >= 11 is 0. The van der Waals surface area contributed by atoms with Crippen LogP contribution in [0.2, 0.25) is 0 Å². The number of aryl methyl sites for hydroxylation is 3. The lowest BCUT2D eigenvalue weighted by atomic mass is 10.3.